The molecule has 0 aromatic heterocycles. The fourth-order valence-corrected chi connectivity index (χ4v) is 2.26. The Hall–Kier alpha value is -1.07. The summed E-state index contributed by atoms with van der Waals surface area (Å²) in [4.78, 5) is 14.2. The van der Waals surface area contributed by atoms with E-state index in [1.165, 1.54) is 12.8 Å². The molecule has 0 heterocycles. The number of amides is 1. The molecule has 2 rings (SSSR count). The molecule has 0 radical (unpaired) electrons. The molecule has 18 heavy (non-hydrogen) atoms. The van der Waals surface area contributed by atoms with Gasteiger partial charge in [0.15, 0.2) is 0 Å². The summed E-state index contributed by atoms with van der Waals surface area (Å²) in [5.74, 6) is -0.107. The normalized spacial score (nSPS) is 14.8. The van der Waals surface area contributed by atoms with E-state index in [1.54, 1.807) is 12.1 Å². The largest absolute Gasteiger partial charge is 0.398 e. The number of halogens is 1. The van der Waals surface area contributed by atoms with Crippen LogP contribution < -0.4 is 11.1 Å². The standard InChI is InChI=1S/C13H18BrN3O/c1-17(10-3-4-10)7-6-16-13(18)11-5-2-9(14)8-12(11)15/h2,5,8,10H,3-4,6-7,15H2,1H3,(H,16,18). The van der Waals surface area contributed by atoms with E-state index in [0.717, 1.165) is 17.1 Å². The van der Waals surface area contributed by atoms with Crippen molar-refractivity contribution in [2.45, 2.75) is 18.9 Å². The summed E-state index contributed by atoms with van der Waals surface area (Å²) in [5.41, 5.74) is 6.84. The zero-order valence-electron chi connectivity index (χ0n) is 10.4. The van der Waals surface area contributed by atoms with E-state index in [1.807, 2.05) is 6.07 Å². The molecular weight excluding hydrogens is 294 g/mol. The van der Waals surface area contributed by atoms with E-state index in [0.29, 0.717) is 17.8 Å². The van der Waals surface area contributed by atoms with Crippen LogP contribution in [0.15, 0.2) is 22.7 Å². The Morgan fingerprint density at radius 2 is 2.28 bits per heavy atom. The number of nitrogens with zero attached hydrogens (tertiary/aromatic N) is 1. The average molecular weight is 312 g/mol. The summed E-state index contributed by atoms with van der Waals surface area (Å²) in [6.45, 7) is 1.54. The first kappa shape index (κ1) is 13.4. The van der Waals surface area contributed by atoms with Crippen LogP contribution >= 0.6 is 15.9 Å². The molecule has 1 aromatic carbocycles. The number of anilines is 1. The molecule has 4 nitrogen and oxygen atoms in total. The lowest BCUT2D eigenvalue weighted by Gasteiger charge is -2.16. The zero-order chi connectivity index (χ0) is 13.1. The van der Waals surface area contributed by atoms with Crippen LogP contribution in [0.3, 0.4) is 0 Å². The minimum absolute atomic E-state index is 0.107. The van der Waals surface area contributed by atoms with Crippen molar-refractivity contribution in [2.75, 3.05) is 25.9 Å². The van der Waals surface area contributed by atoms with Crippen LogP contribution in [-0.4, -0.2) is 37.0 Å². The summed E-state index contributed by atoms with van der Waals surface area (Å²) >= 11 is 3.32. The molecule has 3 N–H and O–H groups in total. The van der Waals surface area contributed by atoms with Gasteiger partial charge in [0.2, 0.25) is 0 Å². The Kier molecular flexibility index (Phi) is 4.24. The molecule has 5 heteroatoms. The first-order valence-corrected chi connectivity index (χ1v) is 6.90. The second kappa shape index (κ2) is 5.71. The van der Waals surface area contributed by atoms with Gasteiger partial charge in [0.1, 0.15) is 0 Å². The molecule has 0 aliphatic heterocycles. The summed E-state index contributed by atoms with van der Waals surface area (Å²) in [7, 11) is 2.10. The highest BCUT2D eigenvalue weighted by Gasteiger charge is 2.25. The third-order valence-corrected chi connectivity index (χ3v) is 3.67. The van der Waals surface area contributed by atoms with Gasteiger partial charge in [-0.15, -0.1) is 0 Å². The van der Waals surface area contributed by atoms with Crippen LogP contribution in [0.25, 0.3) is 0 Å². The molecule has 0 atom stereocenters. The number of likely N-dealkylation sites (N-methyl/N-ethyl adjacent to an activating group) is 1. The Bertz CT molecular complexity index is 446. The number of benzene rings is 1. The van der Waals surface area contributed by atoms with E-state index in [4.69, 9.17) is 5.73 Å². The second-order valence-corrected chi connectivity index (χ2v) is 5.61. The lowest BCUT2D eigenvalue weighted by Crippen LogP contribution is -2.34. The molecule has 1 fully saturated rings. The highest BCUT2D eigenvalue weighted by atomic mass is 79.9. The molecule has 0 saturated heterocycles. The van der Waals surface area contributed by atoms with Crippen LogP contribution in [-0.2, 0) is 0 Å². The lowest BCUT2D eigenvalue weighted by molar-refractivity contribution is 0.0950. The number of rotatable bonds is 5. The van der Waals surface area contributed by atoms with Crippen LogP contribution in [0.1, 0.15) is 23.2 Å². The number of hydrogen-bond donors (Lipinski definition) is 2. The fraction of sp³-hybridized carbons (Fsp3) is 0.462. The lowest BCUT2D eigenvalue weighted by atomic mass is 10.1. The highest BCUT2D eigenvalue weighted by molar-refractivity contribution is 9.10. The molecule has 1 amide bonds. The van der Waals surface area contributed by atoms with Gasteiger partial charge >= 0.3 is 0 Å². The van der Waals surface area contributed by atoms with Crippen molar-refractivity contribution in [3.63, 3.8) is 0 Å². The summed E-state index contributed by atoms with van der Waals surface area (Å²) < 4.78 is 0.880. The van der Waals surface area contributed by atoms with Crippen LogP contribution in [0.5, 0.6) is 0 Å². The molecule has 1 aliphatic carbocycles. The number of hydrogen-bond acceptors (Lipinski definition) is 3. The Labute approximate surface area is 116 Å². The van der Waals surface area contributed by atoms with Gasteiger partial charge in [-0.05, 0) is 38.1 Å². The number of carbonyl (C=O) groups excluding carboxylic acids is 1. The second-order valence-electron chi connectivity index (χ2n) is 4.70. The number of nitrogen functional groups attached to an aromatic ring is 1. The smallest absolute Gasteiger partial charge is 0.253 e. The first-order chi connectivity index (χ1) is 8.58. The summed E-state index contributed by atoms with van der Waals surface area (Å²) in [5, 5.41) is 2.90. The van der Waals surface area contributed by atoms with Crippen molar-refractivity contribution in [1.82, 2.24) is 10.2 Å². The summed E-state index contributed by atoms with van der Waals surface area (Å²) in [6.07, 6.45) is 2.56. The summed E-state index contributed by atoms with van der Waals surface area (Å²) in [6, 6.07) is 6.02. The Morgan fingerprint density at radius 3 is 2.89 bits per heavy atom. The number of nitrogens with two attached hydrogens (primary N) is 1. The Balaban J connectivity index is 1.83. The maximum Gasteiger partial charge on any atom is 0.253 e. The first-order valence-electron chi connectivity index (χ1n) is 6.11. The Morgan fingerprint density at radius 1 is 1.56 bits per heavy atom. The van der Waals surface area contributed by atoms with Gasteiger partial charge in [-0.1, -0.05) is 15.9 Å². The van der Waals surface area contributed by atoms with Crippen molar-refractivity contribution in [2.24, 2.45) is 0 Å². The maximum absolute atomic E-state index is 11.9. The van der Waals surface area contributed by atoms with Crippen LogP contribution in [0.2, 0.25) is 0 Å². The van der Waals surface area contributed by atoms with Crippen molar-refractivity contribution in [3.8, 4) is 0 Å². The van der Waals surface area contributed by atoms with Crippen molar-refractivity contribution in [1.29, 1.82) is 0 Å². The van der Waals surface area contributed by atoms with Gasteiger partial charge in [-0.2, -0.15) is 0 Å². The van der Waals surface area contributed by atoms with Crippen LogP contribution in [0, 0.1) is 0 Å². The van der Waals surface area contributed by atoms with E-state index >= 15 is 0 Å². The van der Waals surface area contributed by atoms with Crippen LogP contribution in [0.4, 0.5) is 5.69 Å². The number of carbonyl (C=O) groups is 1. The average Bonchev–Trinajstić information content (AvgIpc) is 3.12. The molecule has 0 bridgehead atoms. The van der Waals surface area contributed by atoms with Gasteiger partial charge in [-0.25, -0.2) is 0 Å². The quantitative estimate of drug-likeness (QED) is 0.816. The molecule has 1 saturated carbocycles. The van der Waals surface area contributed by atoms with E-state index in [2.05, 4.69) is 33.2 Å². The van der Waals surface area contributed by atoms with Gasteiger partial charge in [-0.3, -0.25) is 4.79 Å². The molecule has 0 unspecified atom stereocenters. The van der Waals surface area contributed by atoms with Gasteiger partial charge in [0, 0.05) is 29.3 Å². The maximum atomic E-state index is 11.9. The molecule has 1 aliphatic rings. The van der Waals surface area contributed by atoms with Crippen molar-refractivity contribution < 1.29 is 4.79 Å². The third kappa shape index (κ3) is 3.46. The third-order valence-electron chi connectivity index (χ3n) is 3.18. The fourth-order valence-electron chi connectivity index (χ4n) is 1.88. The zero-order valence-corrected chi connectivity index (χ0v) is 12.0. The number of nitrogens with one attached hydrogen (secondary N) is 1. The van der Waals surface area contributed by atoms with E-state index in [-0.39, 0.29) is 5.91 Å². The topological polar surface area (TPSA) is 58.4 Å². The minimum Gasteiger partial charge on any atom is -0.398 e. The van der Waals surface area contributed by atoms with Gasteiger partial charge in [0.05, 0.1) is 5.56 Å². The SMILES string of the molecule is CN(CCNC(=O)c1ccc(Br)cc1N)C1CC1. The predicted octanol–water partition coefficient (Wildman–Crippen LogP) is 1.86. The van der Waals surface area contributed by atoms with Crippen molar-refractivity contribution in [3.05, 3.63) is 28.2 Å². The molecule has 0 spiro atoms. The molecular formula is C13H18BrN3O. The minimum atomic E-state index is -0.107. The molecule has 1 aromatic rings. The van der Waals surface area contributed by atoms with E-state index < -0.39 is 0 Å². The predicted molar refractivity (Wildman–Crippen MR) is 76.5 cm³/mol. The monoisotopic (exact) mass is 311 g/mol. The highest BCUT2D eigenvalue weighted by Crippen LogP contribution is 2.24. The van der Waals surface area contributed by atoms with Crippen molar-refractivity contribution >= 4 is 27.5 Å². The van der Waals surface area contributed by atoms with Gasteiger partial charge in [0.25, 0.3) is 5.91 Å². The van der Waals surface area contributed by atoms with Gasteiger partial charge < -0.3 is 16.0 Å². The molecule has 98 valence electrons. The van der Waals surface area contributed by atoms with E-state index in [9.17, 15) is 4.79 Å².